The number of fused-ring (bicyclic) bond motifs is 1. The number of amides is 1. The third-order valence-corrected chi connectivity index (χ3v) is 4.31. The first-order valence-electron chi connectivity index (χ1n) is 8.22. The molecule has 1 heterocycles. The summed E-state index contributed by atoms with van der Waals surface area (Å²) in [6.45, 7) is 3.75. The maximum Gasteiger partial charge on any atom is 0.263 e. The van der Waals surface area contributed by atoms with Crippen LogP contribution in [0, 0.1) is 0 Å². The standard InChI is InChI=1S/C19H23NO2/c1-2-18(19(21)20-12-6-3-7-13-20)22-17-11-10-15-8-4-5-9-16(15)14-17/h4-5,8-11,14,18H,2-3,6-7,12-13H2,1H3/t18-/m0/s1. The number of carbonyl (C=O) groups is 1. The third kappa shape index (κ3) is 3.24. The largest absolute Gasteiger partial charge is 0.481 e. The lowest BCUT2D eigenvalue weighted by atomic mass is 10.1. The number of hydrogen-bond acceptors (Lipinski definition) is 2. The van der Waals surface area contributed by atoms with Crippen LogP contribution in [0.2, 0.25) is 0 Å². The summed E-state index contributed by atoms with van der Waals surface area (Å²) in [6, 6.07) is 14.2. The van der Waals surface area contributed by atoms with Crippen molar-refractivity contribution in [3.05, 3.63) is 42.5 Å². The fourth-order valence-corrected chi connectivity index (χ4v) is 3.03. The molecule has 1 atom stereocenters. The Morgan fingerprint density at radius 1 is 1.09 bits per heavy atom. The molecule has 1 aliphatic rings. The van der Waals surface area contributed by atoms with Gasteiger partial charge >= 0.3 is 0 Å². The first kappa shape index (κ1) is 14.9. The first-order chi connectivity index (χ1) is 10.8. The Morgan fingerprint density at radius 2 is 1.82 bits per heavy atom. The van der Waals surface area contributed by atoms with Crippen molar-refractivity contribution in [3.63, 3.8) is 0 Å². The number of carbonyl (C=O) groups excluding carboxylic acids is 1. The van der Waals surface area contributed by atoms with Crippen LogP contribution in [0.5, 0.6) is 5.75 Å². The smallest absolute Gasteiger partial charge is 0.263 e. The highest BCUT2D eigenvalue weighted by Crippen LogP contribution is 2.23. The molecular weight excluding hydrogens is 274 g/mol. The van der Waals surface area contributed by atoms with Crippen molar-refractivity contribution in [1.82, 2.24) is 4.90 Å². The van der Waals surface area contributed by atoms with E-state index in [0.717, 1.165) is 37.1 Å². The van der Waals surface area contributed by atoms with Gasteiger partial charge in [0.05, 0.1) is 0 Å². The Hall–Kier alpha value is -2.03. The SMILES string of the molecule is CC[C@H](Oc1ccc2ccccc2c1)C(=O)N1CCCCC1. The lowest BCUT2D eigenvalue weighted by Crippen LogP contribution is -2.44. The highest BCUT2D eigenvalue weighted by atomic mass is 16.5. The Balaban J connectivity index is 1.74. The van der Waals surface area contributed by atoms with Gasteiger partial charge in [0.2, 0.25) is 0 Å². The predicted octanol–water partition coefficient (Wildman–Crippen LogP) is 4.01. The van der Waals surface area contributed by atoms with Crippen molar-refractivity contribution >= 4 is 16.7 Å². The van der Waals surface area contributed by atoms with Crippen LogP contribution >= 0.6 is 0 Å². The van der Waals surface area contributed by atoms with E-state index in [2.05, 4.69) is 12.1 Å². The van der Waals surface area contributed by atoms with Crippen LogP contribution < -0.4 is 4.74 Å². The summed E-state index contributed by atoms with van der Waals surface area (Å²) >= 11 is 0. The van der Waals surface area contributed by atoms with Gasteiger partial charge in [0.15, 0.2) is 6.10 Å². The highest BCUT2D eigenvalue weighted by Gasteiger charge is 2.25. The minimum absolute atomic E-state index is 0.135. The monoisotopic (exact) mass is 297 g/mol. The molecule has 2 aromatic rings. The van der Waals surface area contributed by atoms with Crippen molar-refractivity contribution < 1.29 is 9.53 Å². The van der Waals surface area contributed by atoms with E-state index in [1.165, 1.54) is 11.8 Å². The van der Waals surface area contributed by atoms with Gasteiger partial charge in [-0.25, -0.2) is 0 Å². The molecule has 0 unspecified atom stereocenters. The molecule has 1 fully saturated rings. The molecule has 0 N–H and O–H groups in total. The summed E-state index contributed by atoms with van der Waals surface area (Å²) < 4.78 is 6.00. The van der Waals surface area contributed by atoms with Crippen LogP contribution in [0.4, 0.5) is 0 Å². The van der Waals surface area contributed by atoms with E-state index in [4.69, 9.17) is 4.74 Å². The number of ether oxygens (including phenoxy) is 1. The van der Waals surface area contributed by atoms with Gasteiger partial charge in [-0.3, -0.25) is 4.79 Å². The highest BCUT2D eigenvalue weighted by molar-refractivity contribution is 5.84. The second-order valence-corrected chi connectivity index (χ2v) is 5.91. The molecule has 1 saturated heterocycles. The van der Waals surface area contributed by atoms with E-state index < -0.39 is 0 Å². The number of nitrogens with zero attached hydrogens (tertiary/aromatic N) is 1. The van der Waals surface area contributed by atoms with E-state index in [9.17, 15) is 4.79 Å². The predicted molar refractivity (Wildman–Crippen MR) is 89.1 cm³/mol. The molecule has 0 spiro atoms. The van der Waals surface area contributed by atoms with Gasteiger partial charge in [0, 0.05) is 13.1 Å². The zero-order valence-corrected chi connectivity index (χ0v) is 13.1. The number of piperidine rings is 1. The van der Waals surface area contributed by atoms with E-state index in [0.29, 0.717) is 6.42 Å². The number of hydrogen-bond donors (Lipinski definition) is 0. The van der Waals surface area contributed by atoms with Crippen molar-refractivity contribution in [2.24, 2.45) is 0 Å². The van der Waals surface area contributed by atoms with Gasteiger partial charge in [-0.2, -0.15) is 0 Å². The lowest BCUT2D eigenvalue weighted by molar-refractivity contribution is -0.139. The van der Waals surface area contributed by atoms with Crippen LogP contribution in [0.15, 0.2) is 42.5 Å². The Bertz CT molecular complexity index is 647. The minimum Gasteiger partial charge on any atom is -0.481 e. The molecule has 0 bridgehead atoms. The topological polar surface area (TPSA) is 29.5 Å². The van der Waals surface area contributed by atoms with Gasteiger partial charge in [-0.05, 0) is 48.6 Å². The van der Waals surface area contributed by atoms with Crippen molar-refractivity contribution in [2.75, 3.05) is 13.1 Å². The maximum absolute atomic E-state index is 12.6. The summed E-state index contributed by atoms with van der Waals surface area (Å²) in [6.07, 6.45) is 3.77. The Labute approximate surface area is 131 Å². The van der Waals surface area contributed by atoms with E-state index in [1.807, 2.05) is 42.2 Å². The number of benzene rings is 2. The van der Waals surface area contributed by atoms with E-state index in [-0.39, 0.29) is 12.0 Å². The van der Waals surface area contributed by atoms with Gasteiger partial charge < -0.3 is 9.64 Å². The Kier molecular flexibility index (Phi) is 4.62. The molecule has 3 nitrogen and oxygen atoms in total. The van der Waals surface area contributed by atoms with Gasteiger partial charge in [0.25, 0.3) is 5.91 Å². The molecule has 1 aliphatic heterocycles. The van der Waals surface area contributed by atoms with E-state index >= 15 is 0 Å². The number of likely N-dealkylation sites (tertiary alicyclic amines) is 1. The molecule has 0 aliphatic carbocycles. The lowest BCUT2D eigenvalue weighted by Gasteiger charge is -2.30. The molecule has 2 aromatic carbocycles. The second-order valence-electron chi connectivity index (χ2n) is 5.91. The van der Waals surface area contributed by atoms with Crippen LogP contribution in [-0.2, 0) is 4.79 Å². The average molecular weight is 297 g/mol. The molecule has 3 heteroatoms. The minimum atomic E-state index is -0.376. The van der Waals surface area contributed by atoms with E-state index in [1.54, 1.807) is 0 Å². The van der Waals surface area contributed by atoms with Crippen LogP contribution in [0.1, 0.15) is 32.6 Å². The average Bonchev–Trinajstić information content (AvgIpc) is 2.59. The summed E-state index contributed by atoms with van der Waals surface area (Å²) in [5.74, 6) is 0.909. The molecule has 22 heavy (non-hydrogen) atoms. The van der Waals surface area contributed by atoms with Crippen molar-refractivity contribution in [1.29, 1.82) is 0 Å². The first-order valence-corrected chi connectivity index (χ1v) is 8.22. The maximum atomic E-state index is 12.6. The molecule has 116 valence electrons. The normalized spacial score (nSPS) is 16.5. The Morgan fingerprint density at radius 3 is 2.55 bits per heavy atom. The van der Waals surface area contributed by atoms with Gasteiger partial charge in [-0.15, -0.1) is 0 Å². The molecular formula is C19H23NO2. The summed E-state index contributed by atoms with van der Waals surface area (Å²) in [5, 5.41) is 2.32. The third-order valence-electron chi connectivity index (χ3n) is 4.31. The number of rotatable bonds is 4. The summed E-state index contributed by atoms with van der Waals surface area (Å²) in [7, 11) is 0. The molecule has 1 amide bonds. The van der Waals surface area contributed by atoms with Gasteiger partial charge in [-0.1, -0.05) is 37.3 Å². The zero-order chi connectivity index (χ0) is 15.4. The molecule has 3 rings (SSSR count). The van der Waals surface area contributed by atoms with Crippen molar-refractivity contribution in [2.45, 2.75) is 38.7 Å². The fraction of sp³-hybridized carbons (Fsp3) is 0.421. The van der Waals surface area contributed by atoms with Crippen LogP contribution in [-0.4, -0.2) is 30.0 Å². The molecule has 0 aromatic heterocycles. The summed E-state index contributed by atoms with van der Waals surface area (Å²) in [5.41, 5.74) is 0. The fourth-order valence-electron chi connectivity index (χ4n) is 3.03. The van der Waals surface area contributed by atoms with Crippen LogP contribution in [0.3, 0.4) is 0 Å². The van der Waals surface area contributed by atoms with Crippen molar-refractivity contribution in [3.8, 4) is 5.75 Å². The second kappa shape index (κ2) is 6.82. The summed E-state index contributed by atoms with van der Waals surface area (Å²) in [4.78, 5) is 14.6. The molecule has 0 saturated carbocycles. The quantitative estimate of drug-likeness (QED) is 0.853. The van der Waals surface area contributed by atoms with Gasteiger partial charge in [0.1, 0.15) is 5.75 Å². The van der Waals surface area contributed by atoms with Crippen LogP contribution in [0.25, 0.3) is 10.8 Å². The zero-order valence-electron chi connectivity index (χ0n) is 13.1. The molecule has 0 radical (unpaired) electrons.